The van der Waals surface area contributed by atoms with Gasteiger partial charge in [0.1, 0.15) is 5.01 Å². The smallest absolute Gasteiger partial charge is 0.110 e. The van der Waals surface area contributed by atoms with Gasteiger partial charge in [-0.05, 0) is 35.7 Å². The molecule has 3 nitrogen and oxygen atoms in total. The van der Waals surface area contributed by atoms with Crippen molar-refractivity contribution in [3.8, 4) is 0 Å². The average Bonchev–Trinajstić information content (AvgIpc) is 2.80. The van der Waals surface area contributed by atoms with Gasteiger partial charge >= 0.3 is 0 Å². The van der Waals surface area contributed by atoms with E-state index in [0.717, 1.165) is 21.6 Å². The number of aliphatic hydroxyl groups is 1. The molecule has 1 saturated carbocycles. The van der Waals surface area contributed by atoms with Crippen LogP contribution in [0.3, 0.4) is 0 Å². The van der Waals surface area contributed by atoms with Crippen molar-refractivity contribution >= 4 is 27.3 Å². The van der Waals surface area contributed by atoms with Gasteiger partial charge in [-0.25, -0.2) is 4.98 Å². The Morgan fingerprint density at radius 1 is 1.79 bits per heavy atom. The molecule has 1 atom stereocenters. The number of nitrogens with zero attached hydrogens (tertiary/aromatic N) is 1. The van der Waals surface area contributed by atoms with Gasteiger partial charge in [0.25, 0.3) is 0 Å². The van der Waals surface area contributed by atoms with Gasteiger partial charge in [0.05, 0.1) is 22.6 Å². The second-order valence-corrected chi connectivity index (χ2v) is 6.25. The number of rotatable bonds is 4. The lowest BCUT2D eigenvalue weighted by molar-refractivity contribution is 0.221. The summed E-state index contributed by atoms with van der Waals surface area (Å²) in [5.41, 5.74) is -0.0163. The Bertz CT molecular complexity index is 324. The molecule has 1 heterocycles. The van der Waals surface area contributed by atoms with Crippen LogP contribution in [0.25, 0.3) is 0 Å². The van der Waals surface area contributed by atoms with Crippen LogP contribution in [0, 0.1) is 0 Å². The number of hydrogen-bond acceptors (Lipinski definition) is 4. The fraction of sp³-hybridized carbons (Fsp3) is 0.667. The second kappa shape index (κ2) is 3.89. The maximum absolute atomic E-state index is 9.17. The second-order valence-electron chi connectivity index (χ2n) is 3.81. The largest absolute Gasteiger partial charge is 0.394 e. The molecule has 0 radical (unpaired) electrons. The van der Waals surface area contributed by atoms with Crippen LogP contribution >= 0.6 is 27.3 Å². The summed E-state index contributed by atoms with van der Waals surface area (Å²) in [6.07, 6.45) is 3.96. The van der Waals surface area contributed by atoms with Crippen LogP contribution in [0.2, 0.25) is 0 Å². The minimum atomic E-state index is -0.0163. The van der Waals surface area contributed by atoms with E-state index in [0.29, 0.717) is 0 Å². The molecular formula is C9H13BrN2OS. The lowest BCUT2D eigenvalue weighted by Crippen LogP contribution is -2.36. The van der Waals surface area contributed by atoms with Gasteiger partial charge in [0.15, 0.2) is 0 Å². The molecule has 0 aliphatic heterocycles. The minimum absolute atomic E-state index is 0.0163. The molecule has 0 spiro atoms. The van der Waals surface area contributed by atoms with Crippen LogP contribution in [-0.2, 0) is 0 Å². The summed E-state index contributed by atoms with van der Waals surface area (Å²) < 4.78 is 1.05. The van der Waals surface area contributed by atoms with Crippen molar-refractivity contribution in [2.24, 2.45) is 0 Å². The number of thiazole rings is 1. The number of aliphatic hydroxyl groups excluding tert-OH is 1. The molecule has 14 heavy (non-hydrogen) atoms. The Balaban J connectivity index is 1.99. The van der Waals surface area contributed by atoms with Crippen LogP contribution in [0.15, 0.2) is 9.98 Å². The van der Waals surface area contributed by atoms with E-state index in [-0.39, 0.29) is 18.2 Å². The zero-order valence-corrected chi connectivity index (χ0v) is 10.4. The van der Waals surface area contributed by atoms with E-state index in [2.05, 4.69) is 33.2 Å². The summed E-state index contributed by atoms with van der Waals surface area (Å²) in [4.78, 5) is 4.29. The molecule has 0 bridgehead atoms. The van der Waals surface area contributed by atoms with Crippen LogP contribution in [0.5, 0.6) is 0 Å². The van der Waals surface area contributed by atoms with Crippen molar-refractivity contribution in [2.45, 2.75) is 31.3 Å². The first kappa shape index (κ1) is 10.5. The van der Waals surface area contributed by atoms with Crippen molar-refractivity contribution in [1.82, 2.24) is 10.3 Å². The summed E-state index contributed by atoms with van der Waals surface area (Å²) in [7, 11) is 0. The molecule has 0 amide bonds. The van der Waals surface area contributed by atoms with E-state index in [9.17, 15) is 0 Å². The lowest BCUT2D eigenvalue weighted by Gasteiger charge is -2.18. The molecule has 1 fully saturated rings. The standard InChI is InChI=1S/C9H13BrN2OS/c1-6(8-11-4-7(10)14-8)12-9(5-13)2-3-9/h4,6,12-13H,2-3,5H2,1H3. The van der Waals surface area contributed by atoms with Gasteiger partial charge in [-0.1, -0.05) is 0 Å². The maximum Gasteiger partial charge on any atom is 0.110 e. The van der Waals surface area contributed by atoms with E-state index in [1.807, 2.05) is 6.20 Å². The van der Waals surface area contributed by atoms with Gasteiger partial charge in [0, 0.05) is 5.54 Å². The zero-order chi connectivity index (χ0) is 10.2. The van der Waals surface area contributed by atoms with Gasteiger partial charge in [-0.2, -0.15) is 0 Å². The summed E-state index contributed by atoms with van der Waals surface area (Å²) in [5.74, 6) is 0. The number of halogens is 1. The number of nitrogens with one attached hydrogen (secondary N) is 1. The average molecular weight is 277 g/mol. The monoisotopic (exact) mass is 276 g/mol. The first-order valence-electron chi connectivity index (χ1n) is 4.65. The minimum Gasteiger partial charge on any atom is -0.394 e. The third kappa shape index (κ3) is 2.16. The van der Waals surface area contributed by atoms with Crippen LogP contribution in [-0.4, -0.2) is 22.2 Å². The van der Waals surface area contributed by atoms with Gasteiger partial charge in [-0.3, -0.25) is 0 Å². The fourth-order valence-corrected chi connectivity index (χ4v) is 2.73. The molecule has 1 aromatic rings. The van der Waals surface area contributed by atoms with Crippen molar-refractivity contribution in [3.05, 3.63) is 15.0 Å². The van der Waals surface area contributed by atoms with Crippen molar-refractivity contribution in [2.75, 3.05) is 6.61 Å². The van der Waals surface area contributed by atoms with E-state index >= 15 is 0 Å². The molecule has 2 rings (SSSR count). The third-order valence-electron chi connectivity index (χ3n) is 2.54. The quantitative estimate of drug-likeness (QED) is 0.885. The van der Waals surface area contributed by atoms with E-state index in [1.165, 1.54) is 0 Å². The highest BCUT2D eigenvalue weighted by atomic mass is 79.9. The highest BCUT2D eigenvalue weighted by Crippen LogP contribution is 2.37. The molecule has 2 N–H and O–H groups in total. The van der Waals surface area contributed by atoms with Crippen molar-refractivity contribution in [3.63, 3.8) is 0 Å². The Morgan fingerprint density at radius 3 is 2.93 bits per heavy atom. The highest BCUT2D eigenvalue weighted by molar-refractivity contribution is 9.11. The van der Waals surface area contributed by atoms with Crippen LogP contribution < -0.4 is 5.32 Å². The van der Waals surface area contributed by atoms with E-state index in [4.69, 9.17) is 5.11 Å². The van der Waals surface area contributed by atoms with Crippen LogP contribution in [0.4, 0.5) is 0 Å². The highest BCUT2D eigenvalue weighted by Gasteiger charge is 2.43. The molecule has 0 saturated heterocycles. The molecule has 5 heteroatoms. The summed E-state index contributed by atoms with van der Waals surface area (Å²) in [6.45, 7) is 2.31. The van der Waals surface area contributed by atoms with Gasteiger partial charge in [0.2, 0.25) is 0 Å². The van der Waals surface area contributed by atoms with Gasteiger partial charge < -0.3 is 10.4 Å². The SMILES string of the molecule is CC(NC1(CO)CC1)c1ncc(Br)s1. The number of aromatic nitrogens is 1. The van der Waals surface area contributed by atoms with Crippen LogP contribution in [0.1, 0.15) is 30.8 Å². The Kier molecular flexibility index (Phi) is 2.93. The first-order valence-corrected chi connectivity index (χ1v) is 6.26. The topological polar surface area (TPSA) is 45.1 Å². The predicted octanol–water partition coefficient (Wildman–Crippen LogP) is 2.08. The molecule has 1 aliphatic rings. The Hall–Kier alpha value is 0.0300. The maximum atomic E-state index is 9.17. The first-order chi connectivity index (χ1) is 6.65. The lowest BCUT2D eigenvalue weighted by atomic mass is 10.2. The zero-order valence-electron chi connectivity index (χ0n) is 7.96. The molecule has 0 aromatic carbocycles. The van der Waals surface area contributed by atoms with E-state index < -0.39 is 0 Å². The molecule has 1 aliphatic carbocycles. The van der Waals surface area contributed by atoms with Gasteiger partial charge in [-0.15, -0.1) is 11.3 Å². The third-order valence-corrected chi connectivity index (χ3v) is 4.20. The summed E-state index contributed by atoms with van der Waals surface area (Å²) in [5, 5.41) is 13.7. The predicted molar refractivity (Wildman–Crippen MR) is 60.4 cm³/mol. The molecule has 1 aromatic heterocycles. The molecule has 1 unspecified atom stereocenters. The normalized spacial score (nSPS) is 20.8. The fourth-order valence-electron chi connectivity index (χ4n) is 1.49. The van der Waals surface area contributed by atoms with Crippen molar-refractivity contribution < 1.29 is 5.11 Å². The van der Waals surface area contributed by atoms with Crippen molar-refractivity contribution in [1.29, 1.82) is 0 Å². The summed E-state index contributed by atoms with van der Waals surface area (Å²) >= 11 is 5.03. The van der Waals surface area contributed by atoms with E-state index in [1.54, 1.807) is 11.3 Å². The molecular weight excluding hydrogens is 264 g/mol. The molecule has 78 valence electrons. The Labute approximate surface area is 95.7 Å². The summed E-state index contributed by atoms with van der Waals surface area (Å²) in [6, 6.07) is 0.223. The number of hydrogen-bond donors (Lipinski definition) is 2. The Morgan fingerprint density at radius 2 is 2.50 bits per heavy atom.